The maximum atomic E-state index is 13.4. The smallest absolute Gasteiger partial charge is 0.320 e. The molecule has 166 valence electrons. The highest BCUT2D eigenvalue weighted by atomic mass is 32.1. The number of nitrogens with zero attached hydrogens (tertiary/aromatic N) is 4. The molecule has 0 spiro atoms. The predicted octanol–water partition coefficient (Wildman–Crippen LogP) is 3.87. The molecule has 2 aromatic rings. The maximum absolute atomic E-state index is 13.4. The molecule has 0 bridgehead atoms. The van der Waals surface area contributed by atoms with Crippen LogP contribution < -0.4 is 15.5 Å². The molecule has 2 aromatic heterocycles. The van der Waals surface area contributed by atoms with Crippen LogP contribution in [0.15, 0.2) is 6.07 Å². The summed E-state index contributed by atoms with van der Waals surface area (Å²) in [6.45, 7) is 10.4. The van der Waals surface area contributed by atoms with Crippen LogP contribution in [0.3, 0.4) is 0 Å². The Kier molecular flexibility index (Phi) is 5.88. The fourth-order valence-corrected chi connectivity index (χ4v) is 5.14. The molecule has 3 heterocycles. The molecular weight excluding hydrogens is 412 g/mol. The van der Waals surface area contributed by atoms with Gasteiger partial charge in [-0.3, -0.25) is 10.1 Å². The molecule has 0 aromatic carbocycles. The van der Waals surface area contributed by atoms with Crippen molar-refractivity contribution in [2.75, 3.05) is 30.4 Å². The van der Waals surface area contributed by atoms with Crippen molar-refractivity contribution in [2.24, 2.45) is 5.92 Å². The van der Waals surface area contributed by atoms with Crippen molar-refractivity contribution in [3.05, 3.63) is 22.9 Å². The van der Waals surface area contributed by atoms with E-state index in [1.54, 1.807) is 7.05 Å². The Bertz CT molecular complexity index is 1010. The SMILES string of the molecule is CCN(CC)c1nc(-c2sc(NC(=O)NC)nc2C)cc2c1C(=O)N([C@@H](C)C1CC1)C2. The molecule has 0 saturated heterocycles. The van der Waals surface area contributed by atoms with Gasteiger partial charge in [-0.1, -0.05) is 11.3 Å². The average molecular weight is 443 g/mol. The molecule has 1 atom stereocenters. The predicted molar refractivity (Wildman–Crippen MR) is 124 cm³/mol. The number of fused-ring (bicyclic) bond motifs is 1. The lowest BCUT2D eigenvalue weighted by Gasteiger charge is -2.25. The van der Waals surface area contributed by atoms with Gasteiger partial charge < -0.3 is 15.1 Å². The molecule has 4 rings (SSSR count). The first-order chi connectivity index (χ1) is 14.9. The Morgan fingerprint density at radius 1 is 1.32 bits per heavy atom. The van der Waals surface area contributed by atoms with E-state index in [1.807, 2.05) is 17.9 Å². The van der Waals surface area contributed by atoms with Crippen molar-refractivity contribution in [1.29, 1.82) is 0 Å². The number of aryl methyl sites for hydroxylation is 1. The van der Waals surface area contributed by atoms with Gasteiger partial charge in [-0.15, -0.1) is 0 Å². The number of nitrogens with one attached hydrogen (secondary N) is 2. The van der Waals surface area contributed by atoms with Gasteiger partial charge >= 0.3 is 6.03 Å². The van der Waals surface area contributed by atoms with Crippen LogP contribution in [-0.4, -0.2) is 53.0 Å². The molecule has 2 aliphatic rings. The Morgan fingerprint density at radius 2 is 2.03 bits per heavy atom. The largest absolute Gasteiger partial charge is 0.356 e. The third-order valence-corrected chi connectivity index (χ3v) is 7.33. The van der Waals surface area contributed by atoms with Crippen molar-refractivity contribution >= 4 is 34.2 Å². The second-order valence-electron chi connectivity index (χ2n) is 8.19. The number of urea groups is 1. The molecule has 3 amide bonds. The maximum Gasteiger partial charge on any atom is 0.320 e. The van der Waals surface area contributed by atoms with E-state index in [2.05, 4.69) is 41.3 Å². The van der Waals surface area contributed by atoms with Crippen LogP contribution in [0.2, 0.25) is 0 Å². The third-order valence-electron chi connectivity index (χ3n) is 6.23. The number of thiazole rings is 1. The Morgan fingerprint density at radius 3 is 2.65 bits per heavy atom. The fourth-order valence-electron chi connectivity index (χ4n) is 4.22. The number of anilines is 2. The van der Waals surface area contributed by atoms with Crippen molar-refractivity contribution < 1.29 is 9.59 Å². The summed E-state index contributed by atoms with van der Waals surface area (Å²) < 4.78 is 0. The molecule has 31 heavy (non-hydrogen) atoms. The van der Waals surface area contributed by atoms with Gasteiger partial charge in [-0.2, -0.15) is 0 Å². The molecule has 1 aliphatic heterocycles. The van der Waals surface area contributed by atoms with Gasteiger partial charge in [-0.05, 0) is 58.1 Å². The molecule has 9 heteroatoms. The Hall–Kier alpha value is -2.68. The normalized spacial score (nSPS) is 16.3. The van der Waals surface area contributed by atoms with Crippen molar-refractivity contribution in [2.45, 2.75) is 53.1 Å². The second-order valence-corrected chi connectivity index (χ2v) is 9.19. The Balaban J connectivity index is 1.77. The molecule has 0 radical (unpaired) electrons. The van der Waals surface area contributed by atoms with Crippen LogP contribution in [0.4, 0.5) is 15.7 Å². The van der Waals surface area contributed by atoms with Gasteiger partial charge in [0.2, 0.25) is 0 Å². The standard InChI is InChI=1S/C22H30N6O2S/c1-6-27(7-2)19-17-15(11-28(20(17)29)13(4)14-8-9-14)10-16(25-19)18-12(3)24-22(31-18)26-21(30)23-5/h10,13-14H,6-9,11H2,1-5H3,(H2,23,24,26,30)/t13-/m0/s1. The van der Waals surface area contributed by atoms with E-state index in [9.17, 15) is 9.59 Å². The molecular formula is C22H30N6O2S. The molecule has 8 nitrogen and oxygen atoms in total. The molecule has 1 fully saturated rings. The fraction of sp³-hybridized carbons (Fsp3) is 0.545. The van der Waals surface area contributed by atoms with Gasteiger partial charge in [0.1, 0.15) is 5.82 Å². The molecule has 0 unspecified atom stereocenters. The van der Waals surface area contributed by atoms with E-state index in [-0.39, 0.29) is 18.0 Å². The van der Waals surface area contributed by atoms with E-state index in [1.165, 1.54) is 24.2 Å². The zero-order chi connectivity index (χ0) is 22.3. The number of carbonyl (C=O) groups excluding carboxylic acids is 2. The summed E-state index contributed by atoms with van der Waals surface area (Å²) in [6.07, 6.45) is 2.41. The van der Waals surface area contributed by atoms with Crippen molar-refractivity contribution in [3.8, 4) is 10.6 Å². The minimum atomic E-state index is -0.304. The van der Waals surface area contributed by atoms with E-state index in [4.69, 9.17) is 4.98 Å². The minimum Gasteiger partial charge on any atom is -0.356 e. The molecule has 2 N–H and O–H groups in total. The van der Waals surface area contributed by atoms with Crippen LogP contribution in [-0.2, 0) is 6.54 Å². The Labute approximate surface area is 187 Å². The summed E-state index contributed by atoms with van der Waals surface area (Å²) in [4.78, 5) is 39.6. The monoisotopic (exact) mass is 442 g/mol. The van der Waals surface area contributed by atoms with E-state index in [0.717, 1.165) is 46.3 Å². The first-order valence-electron chi connectivity index (χ1n) is 10.9. The lowest BCUT2D eigenvalue weighted by molar-refractivity contribution is 0.0697. The lowest BCUT2D eigenvalue weighted by Crippen LogP contribution is -2.35. The number of aromatic nitrogens is 2. The number of hydrogen-bond donors (Lipinski definition) is 2. The first-order valence-corrected chi connectivity index (χ1v) is 11.8. The van der Waals surface area contributed by atoms with Gasteiger partial charge in [-0.25, -0.2) is 14.8 Å². The highest BCUT2D eigenvalue weighted by Gasteiger charge is 2.40. The van der Waals surface area contributed by atoms with E-state index >= 15 is 0 Å². The highest BCUT2D eigenvalue weighted by Crippen LogP contribution is 2.42. The van der Waals surface area contributed by atoms with Gasteiger partial charge in [0.15, 0.2) is 5.13 Å². The quantitative estimate of drug-likeness (QED) is 0.679. The number of amides is 3. The van der Waals surface area contributed by atoms with Gasteiger partial charge in [0.25, 0.3) is 5.91 Å². The number of carbonyl (C=O) groups is 2. The van der Waals surface area contributed by atoms with Crippen molar-refractivity contribution in [1.82, 2.24) is 20.2 Å². The van der Waals surface area contributed by atoms with E-state index in [0.29, 0.717) is 17.6 Å². The number of pyridine rings is 1. The van der Waals surface area contributed by atoms with Crippen LogP contribution in [0.5, 0.6) is 0 Å². The minimum absolute atomic E-state index is 0.0957. The molecule has 1 saturated carbocycles. The highest BCUT2D eigenvalue weighted by molar-refractivity contribution is 7.19. The third kappa shape index (κ3) is 3.98. The van der Waals surface area contributed by atoms with Crippen LogP contribution in [0.25, 0.3) is 10.6 Å². The zero-order valence-corrected chi connectivity index (χ0v) is 19.6. The summed E-state index contributed by atoms with van der Waals surface area (Å²) in [5.41, 5.74) is 3.38. The second kappa shape index (κ2) is 8.45. The van der Waals surface area contributed by atoms with Crippen LogP contribution in [0.1, 0.15) is 55.2 Å². The van der Waals surface area contributed by atoms with Crippen LogP contribution in [0, 0.1) is 12.8 Å². The van der Waals surface area contributed by atoms with Gasteiger partial charge in [0.05, 0.1) is 21.8 Å². The topological polar surface area (TPSA) is 90.5 Å². The zero-order valence-electron chi connectivity index (χ0n) is 18.8. The van der Waals surface area contributed by atoms with E-state index < -0.39 is 0 Å². The summed E-state index contributed by atoms with van der Waals surface area (Å²) in [6, 6.07) is 1.98. The summed E-state index contributed by atoms with van der Waals surface area (Å²) in [5, 5.41) is 5.81. The number of hydrogen-bond acceptors (Lipinski definition) is 6. The summed E-state index contributed by atoms with van der Waals surface area (Å²) in [7, 11) is 1.57. The van der Waals surface area contributed by atoms with Crippen molar-refractivity contribution in [3.63, 3.8) is 0 Å². The first kappa shape index (κ1) is 21.5. The lowest BCUT2D eigenvalue weighted by atomic mass is 10.1. The van der Waals surface area contributed by atoms with Gasteiger partial charge in [0, 0.05) is 32.7 Å². The summed E-state index contributed by atoms with van der Waals surface area (Å²) >= 11 is 1.40. The van der Waals surface area contributed by atoms with Crippen LogP contribution >= 0.6 is 11.3 Å². The summed E-state index contributed by atoms with van der Waals surface area (Å²) in [5.74, 6) is 1.46. The average Bonchev–Trinajstić information content (AvgIpc) is 3.47. The number of rotatable bonds is 7. The molecule has 1 aliphatic carbocycles.